The summed E-state index contributed by atoms with van der Waals surface area (Å²) in [6.07, 6.45) is 4.91. The summed E-state index contributed by atoms with van der Waals surface area (Å²) in [5, 5.41) is 8.73. The summed E-state index contributed by atoms with van der Waals surface area (Å²) >= 11 is 0. The number of furan rings is 1. The molecule has 1 aliphatic carbocycles. The first kappa shape index (κ1) is 12.2. The largest absolute Gasteiger partial charge is 0.475 e. The summed E-state index contributed by atoms with van der Waals surface area (Å²) in [6, 6.07) is 3.13. The van der Waals surface area contributed by atoms with Crippen molar-refractivity contribution in [3.8, 4) is 0 Å². The average Bonchev–Trinajstić information content (AvgIpc) is 2.70. The van der Waals surface area contributed by atoms with Gasteiger partial charge in [0.05, 0.1) is 0 Å². The third-order valence-electron chi connectivity index (χ3n) is 3.36. The molecule has 1 saturated carbocycles. The fourth-order valence-corrected chi connectivity index (χ4v) is 1.96. The van der Waals surface area contributed by atoms with Crippen LogP contribution in [0.2, 0.25) is 0 Å². The molecule has 1 N–H and O–H groups in total. The molecule has 1 heterocycles. The smallest absolute Gasteiger partial charge is 0.371 e. The first-order valence-electron chi connectivity index (χ1n) is 6.11. The van der Waals surface area contributed by atoms with Crippen molar-refractivity contribution in [1.82, 2.24) is 0 Å². The maximum Gasteiger partial charge on any atom is 0.371 e. The van der Waals surface area contributed by atoms with Gasteiger partial charge in [0, 0.05) is 6.61 Å². The van der Waals surface area contributed by atoms with E-state index in [0.29, 0.717) is 5.76 Å². The second-order valence-corrected chi connectivity index (χ2v) is 4.61. The zero-order valence-corrected chi connectivity index (χ0v) is 10.0. The van der Waals surface area contributed by atoms with E-state index in [2.05, 4.69) is 0 Å². The third kappa shape index (κ3) is 3.09. The van der Waals surface area contributed by atoms with Crippen molar-refractivity contribution in [2.24, 2.45) is 5.92 Å². The molecule has 1 atom stereocenters. The molecule has 17 heavy (non-hydrogen) atoms. The van der Waals surface area contributed by atoms with Crippen LogP contribution in [-0.2, 0) is 4.74 Å². The topological polar surface area (TPSA) is 59.7 Å². The van der Waals surface area contributed by atoms with Crippen LogP contribution in [0.25, 0.3) is 0 Å². The molecule has 0 saturated heterocycles. The molecule has 1 fully saturated rings. The van der Waals surface area contributed by atoms with E-state index >= 15 is 0 Å². The van der Waals surface area contributed by atoms with E-state index in [-0.39, 0.29) is 11.9 Å². The summed E-state index contributed by atoms with van der Waals surface area (Å²) in [4.78, 5) is 10.7. The van der Waals surface area contributed by atoms with Crippen LogP contribution < -0.4 is 0 Å². The maximum absolute atomic E-state index is 10.7. The van der Waals surface area contributed by atoms with E-state index in [4.69, 9.17) is 14.3 Å². The number of rotatable bonds is 6. The Morgan fingerprint density at radius 3 is 2.88 bits per heavy atom. The van der Waals surface area contributed by atoms with E-state index in [9.17, 15) is 4.79 Å². The van der Waals surface area contributed by atoms with Gasteiger partial charge in [0.1, 0.15) is 11.9 Å². The van der Waals surface area contributed by atoms with E-state index in [1.807, 2.05) is 6.92 Å². The molecule has 1 aromatic rings. The summed E-state index contributed by atoms with van der Waals surface area (Å²) < 4.78 is 10.8. The fourth-order valence-electron chi connectivity index (χ4n) is 1.96. The summed E-state index contributed by atoms with van der Waals surface area (Å²) in [6.45, 7) is 2.60. The molecule has 4 heteroatoms. The number of hydrogen-bond acceptors (Lipinski definition) is 3. The summed E-state index contributed by atoms with van der Waals surface area (Å²) in [5.41, 5.74) is 0. The highest BCUT2D eigenvalue weighted by atomic mass is 16.5. The highest BCUT2D eigenvalue weighted by molar-refractivity contribution is 5.84. The van der Waals surface area contributed by atoms with Crippen LogP contribution in [0.5, 0.6) is 0 Å². The molecular formula is C13H18O4. The van der Waals surface area contributed by atoms with Gasteiger partial charge >= 0.3 is 5.97 Å². The Bertz CT molecular complexity index is 379. The lowest BCUT2D eigenvalue weighted by atomic mass is 9.83. The first-order valence-corrected chi connectivity index (χ1v) is 6.11. The standard InChI is InChI=1S/C13H18O4/c1-9(16-8-7-10-3-2-4-10)11-5-6-12(17-11)13(14)15/h5-6,9-10H,2-4,7-8H2,1H3,(H,14,15). The zero-order valence-electron chi connectivity index (χ0n) is 10.0. The third-order valence-corrected chi connectivity index (χ3v) is 3.36. The van der Waals surface area contributed by atoms with Gasteiger partial charge < -0.3 is 14.3 Å². The number of carbonyl (C=O) groups is 1. The van der Waals surface area contributed by atoms with Crippen LogP contribution in [-0.4, -0.2) is 17.7 Å². The normalized spacial score (nSPS) is 17.7. The first-order chi connectivity index (χ1) is 8.16. The van der Waals surface area contributed by atoms with Crippen LogP contribution in [0.4, 0.5) is 0 Å². The van der Waals surface area contributed by atoms with Gasteiger partial charge in [-0.3, -0.25) is 0 Å². The highest BCUT2D eigenvalue weighted by Crippen LogP contribution is 2.30. The number of carboxylic acid groups (broad SMARTS) is 1. The zero-order chi connectivity index (χ0) is 12.3. The molecule has 2 rings (SSSR count). The molecule has 0 amide bonds. The lowest BCUT2D eigenvalue weighted by Gasteiger charge is -2.25. The molecule has 0 bridgehead atoms. The van der Waals surface area contributed by atoms with Crippen LogP contribution >= 0.6 is 0 Å². The van der Waals surface area contributed by atoms with E-state index < -0.39 is 5.97 Å². The minimum absolute atomic E-state index is 0.0329. The lowest BCUT2D eigenvalue weighted by Crippen LogP contribution is -2.14. The van der Waals surface area contributed by atoms with Crippen molar-refractivity contribution in [3.63, 3.8) is 0 Å². The fraction of sp³-hybridized carbons (Fsp3) is 0.615. The van der Waals surface area contributed by atoms with Gasteiger partial charge in [0.15, 0.2) is 0 Å². The number of carboxylic acids is 1. The molecule has 0 aromatic carbocycles. The molecule has 4 nitrogen and oxygen atoms in total. The minimum Gasteiger partial charge on any atom is -0.475 e. The van der Waals surface area contributed by atoms with Gasteiger partial charge in [-0.2, -0.15) is 0 Å². The van der Waals surface area contributed by atoms with Crippen molar-refractivity contribution in [3.05, 3.63) is 23.7 Å². The van der Waals surface area contributed by atoms with E-state index in [1.54, 1.807) is 6.07 Å². The molecule has 1 aliphatic rings. The Morgan fingerprint density at radius 2 is 2.35 bits per heavy atom. The van der Waals surface area contributed by atoms with Crippen LogP contribution in [0, 0.1) is 5.92 Å². The molecule has 1 unspecified atom stereocenters. The van der Waals surface area contributed by atoms with Crippen LogP contribution in [0.1, 0.15) is 55.0 Å². The van der Waals surface area contributed by atoms with Crippen molar-refractivity contribution in [2.45, 2.75) is 38.7 Å². The molecule has 94 valence electrons. The molecule has 0 aliphatic heterocycles. The quantitative estimate of drug-likeness (QED) is 0.826. The summed E-state index contributed by atoms with van der Waals surface area (Å²) in [5.74, 6) is 0.330. The van der Waals surface area contributed by atoms with Gasteiger partial charge in [-0.1, -0.05) is 19.3 Å². The molecule has 1 aromatic heterocycles. The Kier molecular flexibility index (Phi) is 3.84. The van der Waals surface area contributed by atoms with Gasteiger partial charge in [-0.15, -0.1) is 0 Å². The SMILES string of the molecule is CC(OCCC1CCC1)c1ccc(C(=O)O)o1. The monoisotopic (exact) mass is 238 g/mol. The minimum atomic E-state index is -1.04. The second-order valence-electron chi connectivity index (χ2n) is 4.61. The van der Waals surface area contributed by atoms with Gasteiger partial charge in [0.25, 0.3) is 0 Å². The van der Waals surface area contributed by atoms with Crippen molar-refractivity contribution in [1.29, 1.82) is 0 Å². The number of hydrogen-bond donors (Lipinski definition) is 1. The van der Waals surface area contributed by atoms with Gasteiger partial charge in [-0.25, -0.2) is 4.79 Å². The Morgan fingerprint density at radius 1 is 1.59 bits per heavy atom. The van der Waals surface area contributed by atoms with Gasteiger partial charge in [-0.05, 0) is 31.4 Å². The van der Waals surface area contributed by atoms with Crippen LogP contribution in [0.3, 0.4) is 0 Å². The average molecular weight is 238 g/mol. The predicted octanol–water partition coefficient (Wildman–Crippen LogP) is 3.25. The number of ether oxygens (including phenoxy) is 1. The predicted molar refractivity (Wildman–Crippen MR) is 62.0 cm³/mol. The number of aromatic carboxylic acids is 1. The summed E-state index contributed by atoms with van der Waals surface area (Å²) in [7, 11) is 0. The highest BCUT2D eigenvalue weighted by Gasteiger charge is 2.18. The van der Waals surface area contributed by atoms with E-state index in [0.717, 1.165) is 18.9 Å². The Labute approximate surface area is 101 Å². The van der Waals surface area contributed by atoms with Crippen LogP contribution in [0.15, 0.2) is 16.5 Å². The molecular weight excluding hydrogens is 220 g/mol. The van der Waals surface area contributed by atoms with Crippen molar-refractivity contribution >= 4 is 5.97 Å². The maximum atomic E-state index is 10.7. The van der Waals surface area contributed by atoms with Crippen molar-refractivity contribution < 1.29 is 19.1 Å². The van der Waals surface area contributed by atoms with Gasteiger partial charge in [0.2, 0.25) is 5.76 Å². The van der Waals surface area contributed by atoms with E-state index in [1.165, 1.54) is 25.3 Å². The molecule has 0 radical (unpaired) electrons. The molecule has 0 spiro atoms. The lowest BCUT2D eigenvalue weighted by molar-refractivity contribution is 0.0340. The Hall–Kier alpha value is -1.29. The Balaban J connectivity index is 1.77. The van der Waals surface area contributed by atoms with Crippen molar-refractivity contribution in [2.75, 3.05) is 6.61 Å². The second kappa shape index (κ2) is 5.36.